The summed E-state index contributed by atoms with van der Waals surface area (Å²) < 4.78 is 28.8. The molecule has 2 atom stereocenters. The summed E-state index contributed by atoms with van der Waals surface area (Å²) in [6.07, 6.45) is -0.667. The lowest BCUT2D eigenvalue weighted by Crippen LogP contribution is -2.31. The third-order valence-corrected chi connectivity index (χ3v) is 5.59. The van der Waals surface area contributed by atoms with Gasteiger partial charge in [0.2, 0.25) is 0 Å². The van der Waals surface area contributed by atoms with Crippen molar-refractivity contribution in [2.24, 2.45) is 11.5 Å². The van der Waals surface area contributed by atoms with E-state index in [9.17, 15) is 13.2 Å². The van der Waals surface area contributed by atoms with Gasteiger partial charge in [-0.2, -0.15) is 0 Å². The molecule has 0 aliphatic carbocycles. The van der Waals surface area contributed by atoms with Crippen molar-refractivity contribution in [1.29, 1.82) is 0 Å². The second kappa shape index (κ2) is 7.73. The maximum Gasteiger partial charge on any atom is 0.176 e. The third-order valence-electron chi connectivity index (χ3n) is 3.19. The molecule has 2 unspecified atom stereocenters. The van der Waals surface area contributed by atoms with Gasteiger partial charge < -0.3 is 16.2 Å². The van der Waals surface area contributed by atoms with E-state index in [2.05, 4.69) is 0 Å². The van der Waals surface area contributed by atoms with Crippen molar-refractivity contribution in [3.8, 4) is 0 Å². The maximum atomic E-state index is 12.0. The van der Waals surface area contributed by atoms with Gasteiger partial charge in [0, 0.05) is 6.26 Å². The Kier molecular flexibility index (Phi) is 6.13. The van der Waals surface area contributed by atoms with Gasteiger partial charge in [-0.1, -0.05) is 23.7 Å². The number of hydrogen-bond acceptors (Lipinski definition) is 7. The van der Waals surface area contributed by atoms with E-state index in [1.807, 2.05) is 0 Å². The first kappa shape index (κ1) is 19.0. The van der Waals surface area contributed by atoms with Crippen molar-refractivity contribution in [1.82, 2.24) is 0 Å². The summed E-state index contributed by atoms with van der Waals surface area (Å²) in [6, 6.07) is 9.26. The zero-order valence-corrected chi connectivity index (χ0v) is 15.2. The van der Waals surface area contributed by atoms with Crippen LogP contribution in [0.25, 0.3) is 0 Å². The molecule has 0 saturated heterocycles. The molecule has 0 fully saturated rings. The number of sulfone groups is 1. The molecule has 0 bridgehead atoms. The highest BCUT2D eigenvalue weighted by Gasteiger charge is 2.18. The number of benzene rings is 1. The molecule has 0 radical (unpaired) electrons. The molecule has 9 heteroatoms. The highest BCUT2D eigenvalue weighted by atomic mass is 35.5. The lowest BCUT2D eigenvalue weighted by molar-refractivity contribution is -0.00804. The van der Waals surface area contributed by atoms with Crippen LogP contribution in [0, 0.1) is 0 Å². The molecule has 0 aliphatic rings. The second-order valence-electron chi connectivity index (χ2n) is 5.17. The number of ether oxygens (including phenoxy) is 1. The first-order valence-corrected chi connectivity index (χ1v) is 10.0. The van der Waals surface area contributed by atoms with Crippen molar-refractivity contribution >= 4 is 38.6 Å². The molecule has 0 spiro atoms. The lowest BCUT2D eigenvalue weighted by Gasteiger charge is -2.18. The van der Waals surface area contributed by atoms with Crippen LogP contribution in [0.4, 0.5) is 0 Å². The normalized spacial score (nSPS) is 14.3. The fraction of sp³-hybridized carbons (Fsp3) is 0.267. The summed E-state index contributed by atoms with van der Waals surface area (Å²) in [6.45, 7) is 0. The zero-order chi connectivity index (χ0) is 17.9. The molecule has 0 saturated carbocycles. The van der Waals surface area contributed by atoms with Gasteiger partial charge in [0.15, 0.2) is 15.6 Å². The molecule has 130 valence electrons. The molecule has 1 heterocycles. The zero-order valence-electron chi connectivity index (χ0n) is 12.8. The van der Waals surface area contributed by atoms with Crippen LogP contribution >= 0.6 is 22.9 Å². The molecular weight excluding hydrogens is 372 g/mol. The van der Waals surface area contributed by atoms with E-state index in [-0.39, 0.29) is 17.1 Å². The number of thiophene rings is 1. The van der Waals surface area contributed by atoms with E-state index >= 15 is 0 Å². The van der Waals surface area contributed by atoms with E-state index in [4.69, 9.17) is 27.8 Å². The number of halogens is 1. The minimum atomic E-state index is -3.27. The second-order valence-corrected chi connectivity index (χ2v) is 8.90. The Morgan fingerprint density at radius 2 is 1.83 bits per heavy atom. The highest BCUT2D eigenvalue weighted by molar-refractivity contribution is 7.90. The minimum absolute atomic E-state index is 0.0357. The Balaban J connectivity index is 1.96. The summed E-state index contributed by atoms with van der Waals surface area (Å²) in [5.41, 5.74) is 12.3. The third kappa shape index (κ3) is 5.10. The van der Waals surface area contributed by atoms with E-state index < -0.39 is 22.3 Å². The van der Waals surface area contributed by atoms with Gasteiger partial charge >= 0.3 is 0 Å². The van der Waals surface area contributed by atoms with Gasteiger partial charge in [-0.25, -0.2) is 8.42 Å². The van der Waals surface area contributed by atoms with Crippen LogP contribution in [0.15, 0.2) is 41.3 Å². The van der Waals surface area contributed by atoms with E-state index in [0.29, 0.717) is 14.8 Å². The number of carbonyl (C=O) groups is 1. The van der Waals surface area contributed by atoms with Crippen LogP contribution < -0.4 is 11.5 Å². The molecule has 0 aliphatic heterocycles. The summed E-state index contributed by atoms with van der Waals surface area (Å²) in [5.74, 6) is -0.181. The topological polar surface area (TPSA) is 112 Å². The molecule has 2 rings (SSSR count). The minimum Gasteiger partial charge on any atom is -0.341 e. The molecule has 6 nitrogen and oxygen atoms in total. The van der Waals surface area contributed by atoms with Gasteiger partial charge in [-0.15, -0.1) is 11.3 Å². The van der Waals surface area contributed by atoms with Crippen LogP contribution in [0.3, 0.4) is 0 Å². The van der Waals surface area contributed by atoms with Crippen molar-refractivity contribution < 1.29 is 17.9 Å². The smallest absolute Gasteiger partial charge is 0.176 e. The monoisotopic (exact) mass is 388 g/mol. The van der Waals surface area contributed by atoms with Gasteiger partial charge in [0.25, 0.3) is 0 Å². The van der Waals surface area contributed by atoms with Crippen LogP contribution in [-0.4, -0.2) is 26.7 Å². The van der Waals surface area contributed by atoms with Gasteiger partial charge in [0.1, 0.15) is 12.5 Å². The van der Waals surface area contributed by atoms with Gasteiger partial charge in [-0.05, 0) is 29.8 Å². The number of nitrogens with two attached hydrogens (primary N) is 2. The predicted molar refractivity (Wildman–Crippen MR) is 93.8 cm³/mol. The number of Topliss-reactive ketones (excluding diaryl/α,β-unsaturated/α-hetero) is 1. The molecule has 2 aromatic rings. The molecule has 4 N–H and O–H groups in total. The van der Waals surface area contributed by atoms with Gasteiger partial charge in [0.05, 0.1) is 20.5 Å². The molecule has 24 heavy (non-hydrogen) atoms. The quantitative estimate of drug-likeness (QED) is 0.556. The lowest BCUT2D eigenvalue weighted by atomic mass is 10.2. The number of hydrogen-bond donors (Lipinski definition) is 2. The van der Waals surface area contributed by atoms with E-state index in [0.717, 1.165) is 6.26 Å². The van der Waals surface area contributed by atoms with Crippen LogP contribution in [0.5, 0.6) is 0 Å². The highest BCUT2D eigenvalue weighted by Crippen LogP contribution is 2.23. The average Bonchev–Trinajstić information content (AvgIpc) is 2.93. The Labute approximate surface area is 149 Å². The summed E-state index contributed by atoms with van der Waals surface area (Å²) >= 11 is 6.96. The Morgan fingerprint density at radius 1 is 1.21 bits per heavy atom. The van der Waals surface area contributed by atoms with E-state index in [1.54, 1.807) is 24.3 Å². The summed E-state index contributed by atoms with van der Waals surface area (Å²) in [4.78, 5) is 12.7. The summed E-state index contributed by atoms with van der Waals surface area (Å²) in [5, 5.41) is 0. The Morgan fingerprint density at radius 3 is 2.33 bits per heavy atom. The fourth-order valence-corrected chi connectivity index (χ4v) is 3.59. The SMILES string of the molecule is CS(=O)(=O)c1ccc(C(N)OC(N)CC(=O)c2ccc(Cl)s2)cc1. The van der Waals surface area contributed by atoms with Crippen molar-refractivity contribution in [2.75, 3.05) is 6.26 Å². The standard InChI is InChI=1S/C15H17ClN2O4S2/c1-24(20,21)10-4-2-9(3-5-10)15(18)22-14(17)8-11(19)12-6-7-13(16)23-12/h2-7,14-15H,8,17-18H2,1H3. The number of ketones is 1. The molecule has 1 aromatic heterocycles. The first-order chi connectivity index (χ1) is 11.2. The predicted octanol–water partition coefficient (Wildman–Crippen LogP) is 2.34. The maximum absolute atomic E-state index is 12.0. The van der Waals surface area contributed by atoms with Crippen LogP contribution in [-0.2, 0) is 14.6 Å². The average molecular weight is 389 g/mol. The van der Waals surface area contributed by atoms with Crippen molar-refractivity contribution in [2.45, 2.75) is 23.8 Å². The first-order valence-electron chi connectivity index (χ1n) is 6.92. The number of carbonyl (C=O) groups excluding carboxylic acids is 1. The summed E-state index contributed by atoms with van der Waals surface area (Å²) in [7, 11) is -3.27. The number of rotatable bonds is 7. The van der Waals surface area contributed by atoms with Gasteiger partial charge in [-0.3, -0.25) is 4.79 Å². The molecule has 1 aromatic carbocycles. The molecular formula is C15H17ClN2O4S2. The fourth-order valence-electron chi connectivity index (χ4n) is 1.97. The Hall–Kier alpha value is -1.29. The van der Waals surface area contributed by atoms with Crippen LogP contribution in [0.2, 0.25) is 4.34 Å². The largest absolute Gasteiger partial charge is 0.341 e. The van der Waals surface area contributed by atoms with Crippen molar-refractivity contribution in [3.05, 3.63) is 51.2 Å². The Bertz CT molecular complexity index is 818. The molecule has 0 amide bonds. The van der Waals surface area contributed by atoms with Crippen molar-refractivity contribution in [3.63, 3.8) is 0 Å². The van der Waals surface area contributed by atoms with Crippen LogP contribution in [0.1, 0.15) is 27.9 Å². The van der Waals surface area contributed by atoms with E-state index in [1.165, 1.54) is 23.5 Å².